The first kappa shape index (κ1) is 27.1. The second-order valence-corrected chi connectivity index (χ2v) is 14.8. The van der Waals surface area contributed by atoms with Crippen LogP contribution >= 0.6 is 0 Å². The van der Waals surface area contributed by atoms with Gasteiger partial charge in [-0.2, -0.15) is 0 Å². The topological polar surface area (TPSA) is 57.0 Å². The molecule has 1 aliphatic heterocycles. The quantitative estimate of drug-likeness (QED) is 0.370. The maximum absolute atomic E-state index is 6.85. The van der Waals surface area contributed by atoms with Gasteiger partial charge in [0.05, 0.1) is 26.4 Å². The minimum absolute atomic E-state index is 0.0210. The van der Waals surface area contributed by atoms with E-state index in [0.29, 0.717) is 38.4 Å². The van der Waals surface area contributed by atoms with Gasteiger partial charge in [-0.05, 0) is 47.8 Å². The first-order valence-corrected chi connectivity index (χ1v) is 14.6. The summed E-state index contributed by atoms with van der Waals surface area (Å²) in [4.78, 5) is 2.36. The molecule has 1 heterocycles. The smallest absolute Gasteiger partial charge is 0.261 e. The first-order valence-electron chi connectivity index (χ1n) is 12.7. The van der Waals surface area contributed by atoms with Crippen molar-refractivity contribution in [3.63, 3.8) is 0 Å². The Balaban J connectivity index is 1.47. The zero-order valence-corrected chi connectivity index (χ0v) is 22.5. The molecule has 1 fully saturated rings. The van der Waals surface area contributed by atoms with Crippen molar-refractivity contribution in [2.45, 2.75) is 44.7 Å². The molecule has 2 aromatic carbocycles. The van der Waals surface area contributed by atoms with Gasteiger partial charge in [-0.25, -0.2) is 0 Å². The van der Waals surface area contributed by atoms with E-state index in [9.17, 15) is 0 Å². The second kappa shape index (κ2) is 13.0. The summed E-state index contributed by atoms with van der Waals surface area (Å²) >= 11 is 0. The van der Waals surface area contributed by atoms with Gasteiger partial charge >= 0.3 is 0 Å². The van der Waals surface area contributed by atoms with E-state index in [4.69, 9.17) is 19.6 Å². The Morgan fingerprint density at radius 2 is 1.38 bits per heavy atom. The third kappa shape index (κ3) is 7.00. The third-order valence-corrected chi connectivity index (χ3v) is 12.0. The van der Waals surface area contributed by atoms with Gasteiger partial charge in [-0.1, -0.05) is 81.4 Å². The molecule has 0 saturated carbocycles. The van der Waals surface area contributed by atoms with Crippen molar-refractivity contribution in [3.8, 4) is 0 Å². The van der Waals surface area contributed by atoms with Crippen LogP contribution in [0, 0.1) is 5.92 Å². The Bertz CT molecular complexity index is 789. The van der Waals surface area contributed by atoms with Crippen molar-refractivity contribution in [2.75, 3.05) is 53.2 Å². The van der Waals surface area contributed by atoms with E-state index in [1.165, 1.54) is 10.4 Å². The van der Waals surface area contributed by atoms with E-state index in [-0.39, 0.29) is 5.04 Å². The summed E-state index contributed by atoms with van der Waals surface area (Å²) in [7, 11) is -0.320. The lowest BCUT2D eigenvalue weighted by molar-refractivity contribution is 0.0272. The predicted molar refractivity (Wildman–Crippen MR) is 143 cm³/mol. The molecule has 0 spiro atoms. The van der Waals surface area contributed by atoms with Gasteiger partial charge in [0.25, 0.3) is 8.32 Å². The molecule has 2 N–H and O–H groups in total. The summed E-state index contributed by atoms with van der Waals surface area (Å²) in [5.41, 5.74) is 6.27. The zero-order valence-electron chi connectivity index (χ0n) is 21.5. The van der Waals surface area contributed by atoms with Crippen molar-refractivity contribution in [2.24, 2.45) is 11.7 Å². The van der Waals surface area contributed by atoms with Crippen molar-refractivity contribution in [3.05, 3.63) is 60.7 Å². The fourth-order valence-electron chi connectivity index (χ4n) is 5.11. The van der Waals surface area contributed by atoms with Crippen LogP contribution in [0.3, 0.4) is 0 Å². The van der Waals surface area contributed by atoms with Gasteiger partial charge in [0, 0.05) is 19.2 Å². The highest BCUT2D eigenvalue weighted by molar-refractivity contribution is 6.99. The highest BCUT2D eigenvalue weighted by Crippen LogP contribution is 2.36. The Morgan fingerprint density at radius 3 is 1.94 bits per heavy atom. The van der Waals surface area contributed by atoms with E-state index in [2.05, 4.69) is 93.4 Å². The summed E-state index contributed by atoms with van der Waals surface area (Å²) in [6.07, 6.45) is 2.10. The van der Waals surface area contributed by atoms with Gasteiger partial charge in [0.15, 0.2) is 0 Å². The SMILES string of the molecule is CN1CCC(N)C(CCOCCOCCO[Si](c2ccccc2)(c2ccccc2)C(C)(C)C)C1. The lowest BCUT2D eigenvalue weighted by Gasteiger charge is -2.43. The van der Waals surface area contributed by atoms with Crippen LogP contribution in [0.15, 0.2) is 60.7 Å². The molecule has 0 aromatic heterocycles. The van der Waals surface area contributed by atoms with Crippen LogP contribution in [-0.2, 0) is 13.9 Å². The van der Waals surface area contributed by atoms with Gasteiger partial charge < -0.3 is 24.5 Å². The van der Waals surface area contributed by atoms with Gasteiger partial charge in [-0.15, -0.1) is 0 Å². The Morgan fingerprint density at radius 1 is 0.853 bits per heavy atom. The highest BCUT2D eigenvalue weighted by Gasteiger charge is 2.49. The average Bonchev–Trinajstić information content (AvgIpc) is 2.83. The number of ether oxygens (including phenoxy) is 2. The summed E-state index contributed by atoms with van der Waals surface area (Å²) in [6, 6.07) is 21.8. The standard InChI is InChI=1S/C28H44N2O3Si/c1-28(2,3)34(25-11-7-5-8-12-25,26-13-9-6-10-14-26)33-22-21-32-20-19-31-18-16-24-23-30(4)17-15-27(24)29/h5-14,24,27H,15-23,29H2,1-4H3. The van der Waals surface area contributed by atoms with E-state index in [1.807, 2.05) is 0 Å². The van der Waals surface area contributed by atoms with Crippen LogP contribution in [0.1, 0.15) is 33.6 Å². The van der Waals surface area contributed by atoms with Crippen LogP contribution in [0.4, 0.5) is 0 Å². The predicted octanol–water partition coefficient (Wildman–Crippen LogP) is 3.27. The minimum atomic E-state index is -2.49. The van der Waals surface area contributed by atoms with Crippen molar-refractivity contribution < 1.29 is 13.9 Å². The summed E-state index contributed by atoms with van der Waals surface area (Å²) < 4.78 is 18.6. The Kier molecular flexibility index (Phi) is 10.3. The number of benzene rings is 2. The maximum atomic E-state index is 6.85. The molecule has 188 valence electrons. The van der Waals surface area contributed by atoms with Crippen LogP contribution in [-0.4, -0.2) is 72.4 Å². The number of nitrogens with two attached hydrogens (primary N) is 1. The van der Waals surface area contributed by atoms with Crippen LogP contribution < -0.4 is 16.1 Å². The monoisotopic (exact) mass is 484 g/mol. The van der Waals surface area contributed by atoms with Crippen molar-refractivity contribution in [1.82, 2.24) is 4.90 Å². The third-order valence-electron chi connectivity index (χ3n) is 6.96. The molecule has 0 radical (unpaired) electrons. The Labute approximate surface area is 207 Å². The molecular weight excluding hydrogens is 440 g/mol. The highest BCUT2D eigenvalue weighted by atomic mass is 28.4. The Hall–Kier alpha value is -1.54. The minimum Gasteiger partial charge on any atom is -0.405 e. The number of hydrogen-bond acceptors (Lipinski definition) is 5. The number of nitrogens with zero attached hydrogens (tertiary/aromatic N) is 1. The molecule has 2 aromatic rings. The number of likely N-dealkylation sites (tertiary alicyclic amines) is 1. The molecule has 2 unspecified atom stereocenters. The van der Waals surface area contributed by atoms with Crippen LogP contribution in [0.5, 0.6) is 0 Å². The average molecular weight is 485 g/mol. The molecule has 5 nitrogen and oxygen atoms in total. The molecule has 0 amide bonds. The van der Waals surface area contributed by atoms with Crippen molar-refractivity contribution in [1.29, 1.82) is 0 Å². The number of rotatable bonds is 12. The second-order valence-electron chi connectivity index (χ2n) is 10.5. The van der Waals surface area contributed by atoms with Crippen LogP contribution in [0.2, 0.25) is 5.04 Å². The molecule has 0 aliphatic carbocycles. The van der Waals surface area contributed by atoms with E-state index in [1.54, 1.807) is 0 Å². The first-order chi connectivity index (χ1) is 16.3. The van der Waals surface area contributed by atoms with Gasteiger partial charge in [0.1, 0.15) is 0 Å². The number of hydrogen-bond donors (Lipinski definition) is 1. The number of piperidine rings is 1. The van der Waals surface area contributed by atoms with Crippen molar-refractivity contribution >= 4 is 18.7 Å². The maximum Gasteiger partial charge on any atom is 0.261 e. The normalized spacial score (nSPS) is 19.9. The molecule has 1 aliphatic rings. The van der Waals surface area contributed by atoms with E-state index in [0.717, 1.165) is 32.5 Å². The van der Waals surface area contributed by atoms with Gasteiger partial charge in [-0.3, -0.25) is 0 Å². The fourth-order valence-corrected chi connectivity index (χ4v) is 9.65. The van der Waals surface area contributed by atoms with Gasteiger partial charge in [0.2, 0.25) is 0 Å². The largest absolute Gasteiger partial charge is 0.405 e. The lowest BCUT2D eigenvalue weighted by atomic mass is 9.91. The summed E-state index contributed by atoms with van der Waals surface area (Å²) in [5, 5.41) is 2.57. The molecule has 34 heavy (non-hydrogen) atoms. The lowest BCUT2D eigenvalue weighted by Crippen LogP contribution is -2.66. The molecule has 3 rings (SSSR count). The van der Waals surface area contributed by atoms with Crippen LogP contribution in [0.25, 0.3) is 0 Å². The molecular formula is C28H44N2O3Si. The zero-order chi connectivity index (χ0) is 24.4. The molecule has 2 atom stereocenters. The van der Waals surface area contributed by atoms with E-state index < -0.39 is 8.32 Å². The molecule has 0 bridgehead atoms. The summed E-state index contributed by atoms with van der Waals surface area (Å²) in [5.74, 6) is 0.527. The summed E-state index contributed by atoms with van der Waals surface area (Å²) in [6.45, 7) is 12.1. The molecule has 1 saturated heterocycles. The fraction of sp³-hybridized carbons (Fsp3) is 0.571. The molecule has 6 heteroatoms. The van der Waals surface area contributed by atoms with E-state index >= 15 is 0 Å².